The summed E-state index contributed by atoms with van der Waals surface area (Å²) < 4.78 is 10.3. The summed E-state index contributed by atoms with van der Waals surface area (Å²) >= 11 is 0. The van der Waals surface area contributed by atoms with Crippen molar-refractivity contribution in [3.05, 3.63) is 11.6 Å². The zero-order valence-corrected chi connectivity index (χ0v) is 12.0. The molecule has 114 valence electrons. The molecular weight excluding hydrogens is 276 g/mol. The molecule has 2 aliphatic heterocycles. The quantitative estimate of drug-likeness (QED) is 0.479. The topological polar surface area (TPSA) is 93.1 Å². The maximum atomic E-state index is 12.1. The Bertz CT molecular complexity index is 597. The number of hydrogen-bond acceptors (Lipinski definition) is 6. The monoisotopic (exact) mass is 294 g/mol. The van der Waals surface area contributed by atoms with Gasteiger partial charge in [0.05, 0.1) is 5.41 Å². The highest BCUT2D eigenvalue weighted by Crippen LogP contribution is 2.67. The van der Waals surface area contributed by atoms with Gasteiger partial charge in [-0.05, 0) is 19.3 Å². The summed E-state index contributed by atoms with van der Waals surface area (Å²) in [6.45, 7) is 3.78. The predicted octanol–water partition coefficient (Wildman–Crippen LogP) is -0.0768. The molecule has 4 rings (SSSR count). The fourth-order valence-electron chi connectivity index (χ4n) is 4.96. The number of aliphatic hydroxyl groups is 2. The number of allylic oxidation sites excluding steroid dienone is 1. The van der Waals surface area contributed by atoms with Crippen molar-refractivity contribution in [2.24, 2.45) is 16.7 Å². The molecule has 2 bridgehead atoms. The minimum Gasteiger partial charge on any atom is -0.462 e. The second-order valence-electron chi connectivity index (χ2n) is 7.00. The molecule has 2 N–H and O–H groups in total. The van der Waals surface area contributed by atoms with Gasteiger partial charge in [-0.1, -0.05) is 18.6 Å². The minimum absolute atomic E-state index is 0.0450. The van der Waals surface area contributed by atoms with Gasteiger partial charge in [0.25, 0.3) is 0 Å². The lowest BCUT2D eigenvalue weighted by atomic mass is 9.49. The van der Waals surface area contributed by atoms with Crippen LogP contribution in [0.1, 0.15) is 26.7 Å². The van der Waals surface area contributed by atoms with E-state index < -0.39 is 40.6 Å². The first-order valence-electron chi connectivity index (χ1n) is 7.28. The second-order valence-corrected chi connectivity index (χ2v) is 7.00. The number of fused-ring (bicyclic) bond motifs is 4. The number of hydrogen-bond donors (Lipinski definition) is 2. The van der Waals surface area contributed by atoms with Crippen LogP contribution in [0.4, 0.5) is 0 Å². The van der Waals surface area contributed by atoms with E-state index in [2.05, 4.69) is 0 Å². The zero-order valence-electron chi connectivity index (χ0n) is 12.0. The van der Waals surface area contributed by atoms with Crippen molar-refractivity contribution in [3.8, 4) is 0 Å². The van der Waals surface area contributed by atoms with Crippen molar-refractivity contribution in [3.63, 3.8) is 0 Å². The van der Waals surface area contributed by atoms with Crippen LogP contribution in [-0.2, 0) is 19.1 Å². The van der Waals surface area contributed by atoms with E-state index in [1.165, 1.54) is 0 Å². The maximum Gasteiger partial charge on any atom is 0.343 e. The third kappa shape index (κ3) is 1.12. The van der Waals surface area contributed by atoms with Crippen LogP contribution < -0.4 is 0 Å². The van der Waals surface area contributed by atoms with Crippen molar-refractivity contribution >= 4 is 11.9 Å². The lowest BCUT2D eigenvalue weighted by Crippen LogP contribution is -2.71. The van der Waals surface area contributed by atoms with Crippen LogP contribution in [0.2, 0.25) is 0 Å². The molecule has 6 atom stereocenters. The van der Waals surface area contributed by atoms with Crippen LogP contribution in [0.3, 0.4) is 0 Å². The largest absolute Gasteiger partial charge is 0.462 e. The van der Waals surface area contributed by atoms with Gasteiger partial charge in [-0.2, -0.15) is 0 Å². The van der Waals surface area contributed by atoms with E-state index in [4.69, 9.17) is 9.47 Å². The molecule has 0 amide bonds. The van der Waals surface area contributed by atoms with Crippen molar-refractivity contribution < 1.29 is 29.3 Å². The van der Waals surface area contributed by atoms with Crippen LogP contribution in [0.5, 0.6) is 0 Å². The van der Waals surface area contributed by atoms with Crippen LogP contribution >= 0.6 is 0 Å². The molecule has 0 radical (unpaired) electrons. The van der Waals surface area contributed by atoms with Gasteiger partial charge in [-0.15, -0.1) is 0 Å². The van der Waals surface area contributed by atoms with E-state index in [0.29, 0.717) is 6.42 Å². The standard InChI is InChI=1S/C15H18O6/c1-7-3-4-8-13(2)6-20-12(18)15(13,19)9-5-14(7,8)10(16)11(17)21-9/h4,7,9-10,16,19H,3,5-6H2,1-2H3/t7-,9-,10-,13+,14-,15-/m1/s1. The SMILES string of the molecule is C[C@@H]1CC=C2[C@@]13C[C@@H](OC(=O)[C@H]3O)[C@@]1(O)C(=O)OC[C@@]21C. The molecule has 0 aromatic carbocycles. The summed E-state index contributed by atoms with van der Waals surface area (Å²) in [6, 6.07) is 0. The summed E-state index contributed by atoms with van der Waals surface area (Å²) in [7, 11) is 0. The molecule has 0 aromatic rings. The highest BCUT2D eigenvalue weighted by Gasteiger charge is 2.77. The predicted molar refractivity (Wildman–Crippen MR) is 68.8 cm³/mol. The zero-order chi connectivity index (χ0) is 15.2. The first kappa shape index (κ1) is 13.3. The Morgan fingerprint density at radius 2 is 2.10 bits per heavy atom. The van der Waals surface area contributed by atoms with Gasteiger partial charge in [0.2, 0.25) is 5.60 Å². The molecule has 0 aromatic heterocycles. The molecule has 6 heteroatoms. The van der Waals surface area contributed by atoms with E-state index in [9.17, 15) is 19.8 Å². The van der Waals surface area contributed by atoms with Crippen molar-refractivity contribution in [2.75, 3.05) is 6.61 Å². The van der Waals surface area contributed by atoms with E-state index in [1.54, 1.807) is 6.92 Å². The first-order chi connectivity index (χ1) is 9.78. The lowest BCUT2D eigenvalue weighted by molar-refractivity contribution is -0.233. The number of carbonyl (C=O) groups excluding carboxylic acids is 2. The Balaban J connectivity index is 1.98. The van der Waals surface area contributed by atoms with E-state index in [0.717, 1.165) is 5.57 Å². The number of cyclic esters (lactones) is 1. The number of rotatable bonds is 0. The highest BCUT2D eigenvalue weighted by molar-refractivity contribution is 5.88. The molecule has 2 saturated heterocycles. The van der Waals surface area contributed by atoms with Crippen molar-refractivity contribution in [1.82, 2.24) is 0 Å². The van der Waals surface area contributed by atoms with Crippen molar-refractivity contribution in [2.45, 2.75) is 44.5 Å². The molecule has 1 saturated carbocycles. The average molecular weight is 294 g/mol. The first-order valence-corrected chi connectivity index (χ1v) is 7.28. The molecule has 6 nitrogen and oxygen atoms in total. The fraction of sp³-hybridized carbons (Fsp3) is 0.733. The number of aliphatic hydroxyl groups excluding tert-OH is 1. The van der Waals surface area contributed by atoms with Crippen LogP contribution in [0, 0.1) is 16.7 Å². The molecule has 4 aliphatic rings. The lowest BCUT2D eigenvalue weighted by Gasteiger charge is -2.58. The van der Waals surface area contributed by atoms with Gasteiger partial charge in [-0.3, -0.25) is 0 Å². The summed E-state index contributed by atoms with van der Waals surface area (Å²) in [5.74, 6) is -1.45. The summed E-state index contributed by atoms with van der Waals surface area (Å²) in [6.07, 6.45) is 0.691. The third-order valence-corrected chi connectivity index (χ3v) is 6.25. The van der Waals surface area contributed by atoms with Gasteiger partial charge in [0.1, 0.15) is 12.7 Å². The molecular formula is C15H18O6. The van der Waals surface area contributed by atoms with Gasteiger partial charge in [0, 0.05) is 11.8 Å². The van der Waals surface area contributed by atoms with Gasteiger partial charge in [0.15, 0.2) is 6.10 Å². The molecule has 0 unspecified atom stereocenters. The van der Waals surface area contributed by atoms with E-state index >= 15 is 0 Å². The van der Waals surface area contributed by atoms with E-state index in [1.807, 2.05) is 13.0 Å². The Morgan fingerprint density at radius 1 is 1.38 bits per heavy atom. The van der Waals surface area contributed by atoms with Crippen LogP contribution in [-0.4, -0.2) is 46.6 Å². The van der Waals surface area contributed by atoms with Crippen LogP contribution in [0.25, 0.3) is 0 Å². The highest BCUT2D eigenvalue weighted by atomic mass is 16.6. The Hall–Kier alpha value is -1.40. The molecule has 2 aliphatic carbocycles. The Morgan fingerprint density at radius 3 is 2.81 bits per heavy atom. The van der Waals surface area contributed by atoms with Gasteiger partial charge >= 0.3 is 11.9 Å². The van der Waals surface area contributed by atoms with Gasteiger partial charge < -0.3 is 19.7 Å². The smallest absolute Gasteiger partial charge is 0.343 e. The maximum absolute atomic E-state index is 12.1. The van der Waals surface area contributed by atoms with Crippen LogP contribution in [0.15, 0.2) is 11.6 Å². The molecule has 2 heterocycles. The molecule has 1 spiro atoms. The van der Waals surface area contributed by atoms with Gasteiger partial charge in [-0.25, -0.2) is 9.59 Å². The molecule has 3 fully saturated rings. The average Bonchev–Trinajstić information content (AvgIpc) is 2.89. The third-order valence-electron chi connectivity index (χ3n) is 6.25. The summed E-state index contributed by atoms with van der Waals surface area (Å²) in [5.41, 5.74) is -2.80. The minimum atomic E-state index is -1.86. The summed E-state index contributed by atoms with van der Waals surface area (Å²) in [5, 5.41) is 21.5. The number of ether oxygens (including phenoxy) is 2. The fourth-order valence-corrected chi connectivity index (χ4v) is 4.96. The number of carbonyl (C=O) groups is 2. The second kappa shape index (κ2) is 3.50. The molecule has 21 heavy (non-hydrogen) atoms. The van der Waals surface area contributed by atoms with Crippen molar-refractivity contribution in [1.29, 1.82) is 0 Å². The summed E-state index contributed by atoms with van der Waals surface area (Å²) in [4.78, 5) is 24.2. The Labute approximate surface area is 121 Å². The Kier molecular flexibility index (Phi) is 2.21. The number of esters is 2. The van der Waals surface area contributed by atoms with E-state index in [-0.39, 0.29) is 18.9 Å². The normalized spacial score (nSPS) is 54.5.